The minimum atomic E-state index is -4.64. The van der Waals surface area contributed by atoms with Crippen LogP contribution in [0.5, 0.6) is 6.01 Å². The number of benzene rings is 3. The van der Waals surface area contributed by atoms with Crippen molar-refractivity contribution in [2.75, 3.05) is 30.9 Å². The van der Waals surface area contributed by atoms with Gasteiger partial charge in [0.15, 0.2) is 6.61 Å². The second kappa shape index (κ2) is 17.8. The third-order valence-corrected chi connectivity index (χ3v) is 8.86. The Hall–Kier alpha value is -6.04. The standard InChI is InChI=1S/C38H39ClF4N8O6/c1-36(2,20-22-4-12-26(40)13-5-22)50-31(54)30(53)44-19-16-28(32(55)56-3)46-29(52)23-6-14-27(15-7-23)45-33-47-34(49-35(48-33)57-21-38(41,42)43)51-37(17-18-37)24-8-10-25(39)11-9-24/h4-15,28H,16-21H2,1-3H3,(H,44,53)(H,46,52)(H,50,54)(H2,45,47,48,49,51)/t28-/m0/s1. The number of ether oxygens (including phenoxy) is 2. The minimum absolute atomic E-state index is 0.0375. The summed E-state index contributed by atoms with van der Waals surface area (Å²) in [4.78, 5) is 63.1. The summed E-state index contributed by atoms with van der Waals surface area (Å²) < 4.78 is 61.8. The van der Waals surface area contributed by atoms with Crippen LogP contribution < -0.4 is 31.3 Å². The van der Waals surface area contributed by atoms with E-state index in [4.69, 9.17) is 21.1 Å². The molecule has 1 aromatic heterocycles. The lowest BCUT2D eigenvalue weighted by Gasteiger charge is -2.26. The van der Waals surface area contributed by atoms with E-state index in [0.717, 1.165) is 18.2 Å². The maximum absolute atomic E-state index is 13.3. The Morgan fingerprint density at radius 2 is 1.53 bits per heavy atom. The number of methoxy groups -OCH3 is 1. The molecular weight excluding hydrogens is 776 g/mol. The van der Waals surface area contributed by atoms with Gasteiger partial charge in [-0.3, -0.25) is 14.4 Å². The molecule has 1 saturated carbocycles. The number of nitrogens with one attached hydrogen (secondary N) is 5. The first-order valence-electron chi connectivity index (χ1n) is 17.5. The van der Waals surface area contributed by atoms with Gasteiger partial charge in [0.05, 0.1) is 12.6 Å². The largest absolute Gasteiger partial charge is 0.467 e. The van der Waals surface area contributed by atoms with Crippen LogP contribution in [0.3, 0.4) is 0 Å². The molecule has 4 aromatic rings. The normalized spacial score (nSPS) is 13.8. The summed E-state index contributed by atoms with van der Waals surface area (Å²) in [6.45, 7) is 1.60. The molecule has 0 spiro atoms. The number of esters is 1. The molecule has 0 bridgehead atoms. The topological polar surface area (TPSA) is 186 Å². The zero-order chi connectivity index (χ0) is 41.4. The lowest BCUT2D eigenvalue weighted by molar-refractivity contribution is -0.154. The number of nitrogens with zero attached hydrogens (tertiary/aromatic N) is 3. The zero-order valence-corrected chi connectivity index (χ0v) is 31.7. The molecule has 0 radical (unpaired) electrons. The number of hydrogen-bond acceptors (Lipinski definition) is 11. The molecule has 57 heavy (non-hydrogen) atoms. The van der Waals surface area contributed by atoms with Crippen molar-refractivity contribution >= 4 is 52.9 Å². The third kappa shape index (κ3) is 12.5. The summed E-state index contributed by atoms with van der Waals surface area (Å²) in [6, 6.07) is 16.8. The number of hydrogen-bond donors (Lipinski definition) is 5. The predicted octanol–water partition coefficient (Wildman–Crippen LogP) is 5.37. The average Bonchev–Trinajstić information content (AvgIpc) is 3.94. The van der Waals surface area contributed by atoms with E-state index < -0.39 is 65.4 Å². The summed E-state index contributed by atoms with van der Waals surface area (Å²) >= 11 is 6.03. The number of carbonyl (C=O) groups is 4. The van der Waals surface area contributed by atoms with Crippen LogP contribution in [-0.4, -0.2) is 76.7 Å². The first kappa shape index (κ1) is 42.1. The van der Waals surface area contributed by atoms with Crippen molar-refractivity contribution in [2.24, 2.45) is 0 Å². The van der Waals surface area contributed by atoms with Gasteiger partial charge in [0.1, 0.15) is 11.9 Å². The summed E-state index contributed by atoms with van der Waals surface area (Å²) in [5.74, 6) is -3.94. The molecule has 1 atom stereocenters. The van der Waals surface area contributed by atoms with E-state index in [-0.39, 0.29) is 30.4 Å². The van der Waals surface area contributed by atoms with Gasteiger partial charge in [-0.15, -0.1) is 0 Å². The van der Waals surface area contributed by atoms with Crippen LogP contribution in [0.25, 0.3) is 0 Å². The lowest BCUT2D eigenvalue weighted by atomic mass is 9.95. The molecule has 302 valence electrons. The summed E-state index contributed by atoms with van der Waals surface area (Å²) in [7, 11) is 1.13. The van der Waals surface area contributed by atoms with E-state index in [0.29, 0.717) is 30.0 Å². The predicted molar refractivity (Wildman–Crippen MR) is 200 cm³/mol. The Bertz CT molecular complexity index is 2070. The molecule has 0 unspecified atom stereocenters. The van der Waals surface area contributed by atoms with Gasteiger partial charge in [0.2, 0.25) is 11.9 Å². The SMILES string of the molecule is COC(=O)[C@H](CCNC(=O)C(=O)NC(C)(C)Cc1ccc(F)cc1)NC(=O)c1ccc(Nc2nc(NC3(c4ccc(Cl)cc4)CC3)nc(OCC(F)(F)F)n2)cc1. The van der Waals surface area contributed by atoms with Crippen LogP contribution in [0.15, 0.2) is 72.8 Å². The molecule has 0 saturated heterocycles. The van der Waals surface area contributed by atoms with E-state index in [1.807, 2.05) is 12.1 Å². The van der Waals surface area contributed by atoms with Gasteiger partial charge < -0.3 is 36.1 Å². The number of carbonyl (C=O) groups excluding carboxylic acids is 4. The molecular formula is C38H39ClF4N8O6. The lowest BCUT2D eigenvalue weighted by Crippen LogP contribution is -2.51. The average molecular weight is 815 g/mol. The van der Waals surface area contributed by atoms with Gasteiger partial charge in [-0.05, 0) is 99.2 Å². The molecule has 5 rings (SSSR count). The molecule has 1 aliphatic rings. The number of alkyl halides is 3. The fourth-order valence-corrected chi connectivity index (χ4v) is 5.80. The van der Waals surface area contributed by atoms with Crippen molar-refractivity contribution in [3.63, 3.8) is 0 Å². The molecule has 1 aliphatic carbocycles. The number of amides is 3. The highest BCUT2D eigenvalue weighted by Crippen LogP contribution is 2.48. The Labute approximate surface area is 329 Å². The van der Waals surface area contributed by atoms with Crippen molar-refractivity contribution in [2.45, 2.75) is 62.8 Å². The first-order valence-corrected chi connectivity index (χ1v) is 17.9. The number of rotatable bonds is 16. The van der Waals surface area contributed by atoms with E-state index in [1.165, 1.54) is 36.4 Å². The zero-order valence-electron chi connectivity index (χ0n) is 30.9. The van der Waals surface area contributed by atoms with Crippen molar-refractivity contribution < 1.29 is 46.2 Å². The number of halogens is 5. The van der Waals surface area contributed by atoms with Crippen LogP contribution in [0, 0.1) is 5.82 Å². The van der Waals surface area contributed by atoms with Crippen molar-refractivity contribution in [1.29, 1.82) is 0 Å². The summed E-state index contributed by atoms with van der Waals surface area (Å²) in [5.41, 5.74) is 0.681. The van der Waals surface area contributed by atoms with E-state index in [2.05, 4.69) is 41.5 Å². The third-order valence-electron chi connectivity index (χ3n) is 8.61. The van der Waals surface area contributed by atoms with Crippen LogP contribution in [0.1, 0.15) is 54.6 Å². The van der Waals surface area contributed by atoms with Gasteiger partial charge in [0.25, 0.3) is 5.91 Å². The molecule has 14 nitrogen and oxygen atoms in total. The molecule has 5 N–H and O–H groups in total. The van der Waals surface area contributed by atoms with Gasteiger partial charge in [-0.2, -0.15) is 28.1 Å². The highest BCUT2D eigenvalue weighted by Gasteiger charge is 2.45. The highest BCUT2D eigenvalue weighted by atomic mass is 35.5. The van der Waals surface area contributed by atoms with Gasteiger partial charge in [-0.1, -0.05) is 35.9 Å². The molecule has 1 heterocycles. The molecule has 19 heteroatoms. The van der Waals surface area contributed by atoms with Gasteiger partial charge in [0, 0.05) is 28.4 Å². The van der Waals surface area contributed by atoms with Crippen molar-refractivity contribution in [3.8, 4) is 6.01 Å². The Morgan fingerprint density at radius 3 is 2.14 bits per heavy atom. The monoisotopic (exact) mass is 814 g/mol. The van der Waals surface area contributed by atoms with E-state index in [9.17, 15) is 36.7 Å². The summed E-state index contributed by atoms with van der Waals surface area (Å²) in [6.07, 6.45) is -3.04. The number of aromatic nitrogens is 3. The second-order valence-electron chi connectivity index (χ2n) is 13.8. The Balaban J connectivity index is 1.18. The van der Waals surface area contributed by atoms with Crippen LogP contribution in [-0.2, 0) is 31.1 Å². The van der Waals surface area contributed by atoms with E-state index in [1.54, 1.807) is 38.1 Å². The Kier molecular flexibility index (Phi) is 13.2. The van der Waals surface area contributed by atoms with Gasteiger partial charge >= 0.3 is 30.0 Å². The number of anilines is 3. The maximum Gasteiger partial charge on any atom is 0.422 e. The fraction of sp³-hybridized carbons (Fsp3) is 0.342. The van der Waals surface area contributed by atoms with Gasteiger partial charge in [-0.25, -0.2) is 9.18 Å². The smallest absolute Gasteiger partial charge is 0.422 e. The quantitative estimate of drug-likeness (QED) is 0.0557. The highest BCUT2D eigenvalue weighted by molar-refractivity contribution is 6.35. The molecule has 3 amide bonds. The first-order chi connectivity index (χ1) is 26.9. The molecule has 3 aromatic carbocycles. The molecule has 0 aliphatic heterocycles. The van der Waals surface area contributed by atoms with Crippen LogP contribution in [0.2, 0.25) is 5.02 Å². The van der Waals surface area contributed by atoms with Crippen molar-refractivity contribution in [3.05, 3.63) is 100 Å². The Morgan fingerprint density at radius 1 is 0.877 bits per heavy atom. The minimum Gasteiger partial charge on any atom is -0.467 e. The van der Waals surface area contributed by atoms with Crippen LogP contribution in [0.4, 0.5) is 35.1 Å². The van der Waals surface area contributed by atoms with Crippen LogP contribution >= 0.6 is 11.6 Å². The second-order valence-corrected chi connectivity index (χ2v) is 14.3. The molecule has 1 fully saturated rings. The van der Waals surface area contributed by atoms with E-state index >= 15 is 0 Å². The maximum atomic E-state index is 13.3. The van der Waals surface area contributed by atoms with Crippen molar-refractivity contribution in [1.82, 2.24) is 30.9 Å². The summed E-state index contributed by atoms with van der Waals surface area (Å²) in [5, 5.41) is 14.2. The fourth-order valence-electron chi connectivity index (χ4n) is 5.67.